The van der Waals surface area contributed by atoms with Crippen LogP contribution in [-0.4, -0.2) is 63.4 Å². The molecule has 1 atom stereocenters. The molecule has 0 aliphatic carbocycles. The molecule has 10 heteroatoms. The third-order valence-electron chi connectivity index (χ3n) is 5.42. The number of aliphatic hydroxyl groups is 1. The number of rotatable bonds is 2. The molecule has 4 rings (SSSR count). The predicted molar refractivity (Wildman–Crippen MR) is 104 cm³/mol. The molecule has 154 valence electrons. The topological polar surface area (TPSA) is 90.7 Å². The number of nitrogens with one attached hydrogen (secondary N) is 1. The SMILES string of the molecule is CN1CCC(CO)n2nc3c(c2C1=O)CN(C(=O)Nc1ccc(F)c(Cl)c1)CC3. The second kappa shape index (κ2) is 7.64. The molecule has 0 bridgehead atoms. The average molecular weight is 422 g/mol. The van der Waals surface area contributed by atoms with Crippen LogP contribution in [0.2, 0.25) is 5.02 Å². The molecule has 0 radical (unpaired) electrons. The zero-order valence-electron chi connectivity index (χ0n) is 15.9. The second-order valence-corrected chi connectivity index (χ2v) is 7.71. The lowest BCUT2D eigenvalue weighted by Gasteiger charge is -2.27. The lowest BCUT2D eigenvalue weighted by Crippen LogP contribution is -2.39. The maximum absolute atomic E-state index is 13.3. The van der Waals surface area contributed by atoms with Gasteiger partial charge in [-0.25, -0.2) is 9.18 Å². The predicted octanol–water partition coefficient (Wildman–Crippen LogP) is 2.27. The van der Waals surface area contributed by atoms with Gasteiger partial charge < -0.3 is 20.2 Å². The van der Waals surface area contributed by atoms with Crippen LogP contribution in [0.5, 0.6) is 0 Å². The van der Waals surface area contributed by atoms with Gasteiger partial charge in [0.15, 0.2) is 0 Å². The van der Waals surface area contributed by atoms with Crippen molar-refractivity contribution in [1.82, 2.24) is 19.6 Å². The summed E-state index contributed by atoms with van der Waals surface area (Å²) in [5, 5.41) is 17.0. The minimum atomic E-state index is -0.559. The van der Waals surface area contributed by atoms with Crippen molar-refractivity contribution in [3.05, 3.63) is 46.0 Å². The Bertz CT molecular complexity index is 979. The van der Waals surface area contributed by atoms with Crippen LogP contribution in [-0.2, 0) is 13.0 Å². The maximum atomic E-state index is 13.3. The number of hydrogen-bond donors (Lipinski definition) is 2. The van der Waals surface area contributed by atoms with E-state index in [1.807, 2.05) is 0 Å². The van der Waals surface area contributed by atoms with E-state index >= 15 is 0 Å². The summed E-state index contributed by atoms with van der Waals surface area (Å²) in [5.41, 5.74) is 2.30. The Kier molecular flexibility index (Phi) is 5.18. The molecule has 2 N–H and O–H groups in total. The van der Waals surface area contributed by atoms with Crippen molar-refractivity contribution < 1.29 is 19.1 Å². The lowest BCUT2D eigenvalue weighted by atomic mass is 10.0. The molecule has 8 nitrogen and oxygen atoms in total. The average Bonchev–Trinajstić information content (AvgIpc) is 3.03. The molecule has 2 aliphatic heterocycles. The number of anilines is 1. The van der Waals surface area contributed by atoms with Crippen molar-refractivity contribution in [2.24, 2.45) is 0 Å². The van der Waals surface area contributed by atoms with Gasteiger partial charge in [0.2, 0.25) is 0 Å². The van der Waals surface area contributed by atoms with E-state index in [9.17, 15) is 19.1 Å². The molecule has 29 heavy (non-hydrogen) atoms. The van der Waals surface area contributed by atoms with E-state index in [4.69, 9.17) is 11.6 Å². The van der Waals surface area contributed by atoms with Crippen LogP contribution < -0.4 is 5.32 Å². The minimum absolute atomic E-state index is 0.0747. The number of fused-ring (bicyclic) bond motifs is 3. The molecule has 3 amide bonds. The standard InChI is InChI=1S/C19H21ClFN5O3/c1-24-6-4-12(10-27)26-17(18(24)28)13-9-25(7-5-16(13)23-26)19(29)22-11-2-3-15(21)14(20)8-11/h2-3,8,12,27H,4-7,9-10H2,1H3,(H,22,29). The molecule has 1 unspecified atom stereocenters. The Labute approximate surface area is 171 Å². The first-order valence-electron chi connectivity index (χ1n) is 9.36. The Morgan fingerprint density at radius 2 is 2.21 bits per heavy atom. The first-order chi connectivity index (χ1) is 13.9. The van der Waals surface area contributed by atoms with Crippen LogP contribution in [0, 0.1) is 5.82 Å². The normalized spacial score (nSPS) is 18.9. The summed E-state index contributed by atoms with van der Waals surface area (Å²) >= 11 is 5.77. The number of nitrogens with zero attached hydrogens (tertiary/aromatic N) is 4. The highest BCUT2D eigenvalue weighted by Crippen LogP contribution is 2.29. The van der Waals surface area contributed by atoms with Gasteiger partial charge in [0.1, 0.15) is 11.5 Å². The van der Waals surface area contributed by atoms with Gasteiger partial charge >= 0.3 is 6.03 Å². The van der Waals surface area contributed by atoms with Crippen molar-refractivity contribution in [3.8, 4) is 0 Å². The summed E-state index contributed by atoms with van der Waals surface area (Å²) in [4.78, 5) is 28.8. The minimum Gasteiger partial charge on any atom is -0.394 e. The van der Waals surface area contributed by atoms with Crippen LogP contribution in [0.25, 0.3) is 0 Å². The van der Waals surface area contributed by atoms with E-state index < -0.39 is 5.82 Å². The summed E-state index contributed by atoms with van der Waals surface area (Å²) in [6, 6.07) is 3.33. The Hall–Kier alpha value is -2.65. The molecule has 0 saturated carbocycles. The molecule has 0 spiro atoms. The van der Waals surface area contributed by atoms with Crippen molar-refractivity contribution in [1.29, 1.82) is 0 Å². The highest BCUT2D eigenvalue weighted by Gasteiger charge is 2.35. The lowest BCUT2D eigenvalue weighted by molar-refractivity contribution is 0.0793. The van der Waals surface area contributed by atoms with Crippen LogP contribution in [0.3, 0.4) is 0 Å². The van der Waals surface area contributed by atoms with Gasteiger partial charge in [0, 0.05) is 37.8 Å². The number of carbonyl (C=O) groups is 2. The molecule has 0 saturated heterocycles. The zero-order valence-corrected chi connectivity index (χ0v) is 16.6. The molecule has 0 fully saturated rings. The fraction of sp³-hybridized carbons (Fsp3) is 0.421. The van der Waals surface area contributed by atoms with Crippen molar-refractivity contribution in [3.63, 3.8) is 0 Å². The Morgan fingerprint density at radius 1 is 1.41 bits per heavy atom. The van der Waals surface area contributed by atoms with Gasteiger partial charge in [-0.1, -0.05) is 11.6 Å². The number of hydrogen-bond acceptors (Lipinski definition) is 4. The largest absolute Gasteiger partial charge is 0.394 e. The van der Waals surface area contributed by atoms with Gasteiger partial charge in [-0.3, -0.25) is 9.48 Å². The summed E-state index contributed by atoms with van der Waals surface area (Å²) in [6.45, 7) is 1.07. The third kappa shape index (κ3) is 3.56. The van der Waals surface area contributed by atoms with E-state index in [-0.39, 0.29) is 36.2 Å². The summed E-state index contributed by atoms with van der Waals surface area (Å²) in [5.74, 6) is -0.724. The number of benzene rings is 1. The third-order valence-corrected chi connectivity index (χ3v) is 5.71. The number of carbonyl (C=O) groups excluding carboxylic acids is 2. The van der Waals surface area contributed by atoms with E-state index in [2.05, 4.69) is 10.4 Å². The Balaban J connectivity index is 1.59. The molecule has 1 aromatic heterocycles. The van der Waals surface area contributed by atoms with Crippen LogP contribution >= 0.6 is 11.6 Å². The van der Waals surface area contributed by atoms with Gasteiger partial charge in [-0.2, -0.15) is 5.10 Å². The summed E-state index contributed by atoms with van der Waals surface area (Å²) in [6.07, 6.45) is 1.11. The van der Waals surface area contributed by atoms with Crippen LogP contribution in [0.1, 0.15) is 34.2 Å². The van der Waals surface area contributed by atoms with Crippen molar-refractivity contribution in [2.75, 3.05) is 32.1 Å². The van der Waals surface area contributed by atoms with E-state index in [1.165, 1.54) is 18.2 Å². The van der Waals surface area contributed by atoms with Gasteiger partial charge in [-0.15, -0.1) is 0 Å². The zero-order chi connectivity index (χ0) is 20.7. The number of urea groups is 1. The van der Waals surface area contributed by atoms with Crippen LogP contribution in [0.15, 0.2) is 18.2 Å². The number of aliphatic hydroxyl groups excluding tert-OH is 1. The van der Waals surface area contributed by atoms with Crippen molar-refractivity contribution in [2.45, 2.75) is 25.4 Å². The number of amides is 3. The number of aromatic nitrogens is 2. The second-order valence-electron chi connectivity index (χ2n) is 7.30. The molecular weight excluding hydrogens is 401 g/mol. The van der Waals surface area contributed by atoms with E-state index in [0.717, 1.165) is 5.69 Å². The monoisotopic (exact) mass is 421 g/mol. The highest BCUT2D eigenvalue weighted by molar-refractivity contribution is 6.31. The smallest absolute Gasteiger partial charge is 0.322 e. The molecule has 1 aromatic carbocycles. The van der Waals surface area contributed by atoms with Gasteiger partial charge in [0.05, 0.1) is 29.9 Å². The fourth-order valence-electron chi connectivity index (χ4n) is 3.75. The van der Waals surface area contributed by atoms with E-state index in [0.29, 0.717) is 42.9 Å². The Morgan fingerprint density at radius 3 is 2.93 bits per heavy atom. The highest BCUT2D eigenvalue weighted by atomic mass is 35.5. The van der Waals surface area contributed by atoms with E-state index in [1.54, 1.807) is 21.5 Å². The van der Waals surface area contributed by atoms with Crippen LogP contribution in [0.4, 0.5) is 14.9 Å². The van der Waals surface area contributed by atoms with Crippen molar-refractivity contribution >= 4 is 29.2 Å². The summed E-state index contributed by atoms with van der Waals surface area (Å²) < 4.78 is 14.9. The first kappa shape index (κ1) is 19.7. The first-order valence-corrected chi connectivity index (χ1v) is 9.74. The molecule has 2 aromatic rings. The quantitative estimate of drug-likeness (QED) is 0.778. The molecular formula is C19H21ClFN5O3. The van der Waals surface area contributed by atoms with Gasteiger partial charge in [0.25, 0.3) is 5.91 Å². The maximum Gasteiger partial charge on any atom is 0.322 e. The fourth-order valence-corrected chi connectivity index (χ4v) is 3.93. The number of halogens is 2. The summed E-state index contributed by atoms with van der Waals surface area (Å²) in [7, 11) is 1.72. The molecule has 2 aliphatic rings. The molecule has 3 heterocycles. The van der Waals surface area contributed by atoms with Gasteiger partial charge in [-0.05, 0) is 24.6 Å².